The minimum absolute atomic E-state index is 0.0612. The van der Waals surface area contributed by atoms with Crippen LogP contribution >= 0.6 is 0 Å². The maximum atomic E-state index is 13.0. The zero-order chi connectivity index (χ0) is 21.4. The number of aryl methyl sites for hydroxylation is 1. The molecule has 160 valence electrons. The van der Waals surface area contributed by atoms with Crippen molar-refractivity contribution in [3.8, 4) is 11.4 Å². The van der Waals surface area contributed by atoms with Crippen molar-refractivity contribution in [2.24, 2.45) is 7.05 Å². The van der Waals surface area contributed by atoms with Crippen LogP contribution in [0.25, 0.3) is 17.0 Å². The van der Waals surface area contributed by atoms with Crippen molar-refractivity contribution in [2.75, 3.05) is 31.1 Å². The smallest absolute Gasteiger partial charge is 0.277 e. The maximum Gasteiger partial charge on any atom is 0.277 e. The highest BCUT2D eigenvalue weighted by molar-refractivity contribution is 7.89. The zero-order valence-corrected chi connectivity index (χ0v) is 17.7. The van der Waals surface area contributed by atoms with Crippen molar-refractivity contribution >= 4 is 21.5 Å². The van der Waals surface area contributed by atoms with Gasteiger partial charge in [-0.15, -0.1) is 15.3 Å². The van der Waals surface area contributed by atoms with Gasteiger partial charge in [0, 0.05) is 63.6 Å². The van der Waals surface area contributed by atoms with Crippen LogP contribution in [0.5, 0.6) is 0 Å². The van der Waals surface area contributed by atoms with Gasteiger partial charge in [0.1, 0.15) is 5.82 Å². The number of rotatable bonds is 4. The molecule has 1 aliphatic rings. The molecule has 11 nitrogen and oxygen atoms in total. The average Bonchev–Trinajstić information content (AvgIpc) is 3.32. The molecule has 0 bridgehead atoms. The fourth-order valence-electron chi connectivity index (χ4n) is 3.70. The molecule has 1 saturated heterocycles. The number of pyridine rings is 1. The number of nitrogens with zero attached hydrogens (tertiary/aromatic N) is 9. The summed E-state index contributed by atoms with van der Waals surface area (Å²) in [5, 5.41) is 13.2. The summed E-state index contributed by atoms with van der Waals surface area (Å²) in [6.07, 6.45) is 7.23. The van der Waals surface area contributed by atoms with Crippen LogP contribution < -0.4 is 4.90 Å². The van der Waals surface area contributed by atoms with E-state index in [1.807, 2.05) is 24.3 Å². The Labute approximate surface area is 179 Å². The van der Waals surface area contributed by atoms with Gasteiger partial charge in [-0.3, -0.25) is 4.98 Å². The first-order valence-corrected chi connectivity index (χ1v) is 11.3. The minimum atomic E-state index is -3.64. The quantitative estimate of drug-likeness (QED) is 0.459. The first kappa shape index (κ1) is 19.6. The van der Waals surface area contributed by atoms with Gasteiger partial charge in [0.05, 0.1) is 0 Å². The third-order valence-corrected chi connectivity index (χ3v) is 7.19. The van der Waals surface area contributed by atoms with Crippen LogP contribution in [-0.2, 0) is 17.1 Å². The number of hydrogen-bond acceptors (Lipinski definition) is 8. The summed E-state index contributed by atoms with van der Waals surface area (Å²) in [6, 6.07) is 7.50. The molecule has 0 unspecified atom stereocenters. The Balaban J connectivity index is 1.41. The number of hydrogen-bond donors (Lipinski definition) is 0. The Kier molecular flexibility index (Phi) is 4.87. The van der Waals surface area contributed by atoms with Crippen LogP contribution in [0, 0.1) is 0 Å². The third-order valence-electron chi connectivity index (χ3n) is 5.29. The number of aromatic nitrogens is 7. The molecule has 5 heterocycles. The summed E-state index contributed by atoms with van der Waals surface area (Å²) in [6.45, 7) is 2.00. The van der Waals surface area contributed by atoms with E-state index in [0.717, 1.165) is 11.4 Å². The largest absolute Gasteiger partial charge is 0.354 e. The second-order valence-electron chi connectivity index (χ2n) is 7.29. The summed E-state index contributed by atoms with van der Waals surface area (Å²) in [7, 11) is -1.96. The molecular formula is C19H21N9O2S. The molecule has 0 amide bonds. The van der Waals surface area contributed by atoms with E-state index >= 15 is 0 Å². The first-order chi connectivity index (χ1) is 15.0. The highest BCUT2D eigenvalue weighted by Gasteiger charge is 2.30. The lowest BCUT2D eigenvalue weighted by Crippen LogP contribution is -2.36. The van der Waals surface area contributed by atoms with Crippen LogP contribution in [-0.4, -0.2) is 73.2 Å². The van der Waals surface area contributed by atoms with Crippen LogP contribution in [0.2, 0.25) is 0 Å². The molecule has 1 aliphatic heterocycles. The van der Waals surface area contributed by atoms with Gasteiger partial charge in [-0.2, -0.15) is 8.82 Å². The summed E-state index contributed by atoms with van der Waals surface area (Å²) >= 11 is 0. The zero-order valence-electron chi connectivity index (χ0n) is 16.9. The van der Waals surface area contributed by atoms with Gasteiger partial charge >= 0.3 is 0 Å². The molecule has 0 spiro atoms. The average molecular weight is 440 g/mol. The van der Waals surface area contributed by atoms with Crippen LogP contribution in [0.15, 0.2) is 54.2 Å². The van der Waals surface area contributed by atoms with Gasteiger partial charge in [-0.25, -0.2) is 13.4 Å². The molecule has 1 fully saturated rings. The van der Waals surface area contributed by atoms with Crippen LogP contribution in [0.3, 0.4) is 0 Å². The minimum Gasteiger partial charge on any atom is -0.354 e. The lowest BCUT2D eigenvalue weighted by atomic mass is 10.3. The summed E-state index contributed by atoms with van der Waals surface area (Å²) in [5.74, 6) is 1.35. The second kappa shape index (κ2) is 7.71. The van der Waals surface area contributed by atoms with E-state index in [2.05, 4.69) is 25.1 Å². The Morgan fingerprint density at radius 1 is 1.00 bits per heavy atom. The lowest BCUT2D eigenvalue weighted by Gasteiger charge is -2.22. The fraction of sp³-hybridized carbons (Fsp3) is 0.316. The molecule has 0 atom stereocenters. The Hall–Kier alpha value is -3.38. The maximum absolute atomic E-state index is 13.0. The van der Waals surface area contributed by atoms with E-state index in [1.54, 1.807) is 30.2 Å². The van der Waals surface area contributed by atoms with Gasteiger partial charge in [0.15, 0.2) is 11.5 Å². The second-order valence-corrected chi connectivity index (χ2v) is 9.12. The van der Waals surface area contributed by atoms with Gasteiger partial charge in [0.25, 0.3) is 10.0 Å². The van der Waals surface area contributed by atoms with Gasteiger partial charge < -0.3 is 9.47 Å². The summed E-state index contributed by atoms with van der Waals surface area (Å²) < 4.78 is 30.7. The summed E-state index contributed by atoms with van der Waals surface area (Å²) in [4.78, 5) is 10.2. The molecule has 4 aromatic rings. The molecule has 0 saturated carbocycles. The predicted molar refractivity (Wildman–Crippen MR) is 113 cm³/mol. The normalized spacial score (nSPS) is 16.0. The topological polar surface area (TPSA) is 114 Å². The number of sulfonamides is 1. The molecule has 0 aliphatic carbocycles. The first-order valence-electron chi connectivity index (χ1n) is 9.89. The standard InChI is InChI=1S/C19H21N9O2S/c1-25-11-8-21-19(25)31(29,30)27-10-3-9-26(12-13-27)17-6-5-16-22-23-18(28(16)24-17)15-4-2-7-20-14-15/h2,4-8,11,14H,3,9-10,12-13H2,1H3. The van der Waals surface area contributed by atoms with Crippen molar-refractivity contribution in [3.05, 3.63) is 49.1 Å². The third kappa shape index (κ3) is 3.53. The molecule has 0 N–H and O–H groups in total. The molecule has 0 radical (unpaired) electrons. The van der Waals surface area contributed by atoms with Crippen molar-refractivity contribution in [2.45, 2.75) is 11.6 Å². The van der Waals surface area contributed by atoms with E-state index in [1.165, 1.54) is 15.1 Å². The van der Waals surface area contributed by atoms with Crippen LogP contribution in [0.4, 0.5) is 5.82 Å². The molecule has 31 heavy (non-hydrogen) atoms. The van der Waals surface area contributed by atoms with E-state index < -0.39 is 10.0 Å². The molecule has 5 rings (SSSR count). The van der Waals surface area contributed by atoms with Gasteiger partial charge in [-0.05, 0) is 30.7 Å². The van der Waals surface area contributed by atoms with Crippen molar-refractivity contribution < 1.29 is 8.42 Å². The number of imidazole rings is 1. The van der Waals surface area contributed by atoms with Gasteiger partial charge in [-0.1, -0.05) is 0 Å². The van der Waals surface area contributed by atoms with E-state index in [9.17, 15) is 8.42 Å². The van der Waals surface area contributed by atoms with Crippen molar-refractivity contribution in [1.29, 1.82) is 0 Å². The predicted octanol–water partition coefficient (Wildman–Crippen LogP) is 0.821. The monoisotopic (exact) mass is 439 g/mol. The fourth-order valence-corrected chi connectivity index (χ4v) is 5.24. The Morgan fingerprint density at radius 3 is 2.68 bits per heavy atom. The summed E-state index contributed by atoms with van der Waals surface area (Å²) in [5.41, 5.74) is 1.46. The van der Waals surface area contributed by atoms with Crippen molar-refractivity contribution in [3.63, 3.8) is 0 Å². The Morgan fingerprint density at radius 2 is 1.90 bits per heavy atom. The Bertz CT molecular complexity index is 1320. The molecular weight excluding hydrogens is 418 g/mol. The molecule has 12 heteroatoms. The lowest BCUT2D eigenvalue weighted by molar-refractivity contribution is 0.425. The molecule has 0 aromatic carbocycles. The highest BCUT2D eigenvalue weighted by Crippen LogP contribution is 2.21. The SMILES string of the molecule is Cn1ccnc1S(=O)(=O)N1CCCN(c2ccc3nnc(-c4cccnc4)n3n2)CC1. The highest BCUT2D eigenvalue weighted by atomic mass is 32.2. The van der Waals surface area contributed by atoms with Crippen LogP contribution in [0.1, 0.15) is 6.42 Å². The van der Waals surface area contributed by atoms with E-state index in [4.69, 9.17) is 5.10 Å². The number of fused-ring (bicyclic) bond motifs is 1. The van der Waals surface area contributed by atoms with E-state index in [0.29, 0.717) is 44.1 Å². The van der Waals surface area contributed by atoms with E-state index in [-0.39, 0.29) is 5.16 Å². The van der Waals surface area contributed by atoms with Gasteiger partial charge in [0.2, 0.25) is 5.16 Å². The van der Waals surface area contributed by atoms with Crippen molar-refractivity contribution in [1.82, 2.24) is 38.7 Å². The number of anilines is 1. The molecule has 4 aromatic heterocycles.